The van der Waals surface area contributed by atoms with Gasteiger partial charge in [0, 0.05) is 16.7 Å². The first kappa shape index (κ1) is 14.7. The normalized spacial score (nSPS) is 22.5. The monoisotopic (exact) mass is 347 g/mol. The lowest BCUT2D eigenvalue weighted by molar-refractivity contribution is -0.120. The molecule has 0 bridgehead atoms. The largest absolute Gasteiger partial charge is 0.379 e. The van der Waals surface area contributed by atoms with Crippen molar-refractivity contribution in [2.45, 2.75) is 13.0 Å². The van der Waals surface area contributed by atoms with E-state index in [-0.39, 0.29) is 23.0 Å². The number of hydrogen-bond donors (Lipinski definition) is 2. The number of nitrogens with zero attached hydrogens (tertiary/aromatic N) is 1. The van der Waals surface area contributed by atoms with Gasteiger partial charge in [-0.05, 0) is 28.5 Å². The molecule has 0 spiro atoms. The molecule has 2 heterocycles. The highest BCUT2D eigenvalue weighted by molar-refractivity contribution is 9.10. The van der Waals surface area contributed by atoms with Crippen molar-refractivity contribution in [2.24, 2.45) is 5.92 Å². The summed E-state index contributed by atoms with van der Waals surface area (Å²) in [6.45, 7) is 3.78. The molecule has 5 nitrogen and oxygen atoms in total. The second-order valence-corrected chi connectivity index (χ2v) is 5.56. The molecule has 19 heavy (non-hydrogen) atoms. The summed E-state index contributed by atoms with van der Waals surface area (Å²) >= 11 is 9.25. The van der Waals surface area contributed by atoms with Crippen LogP contribution in [0.1, 0.15) is 6.92 Å². The van der Waals surface area contributed by atoms with Crippen LogP contribution in [0.3, 0.4) is 0 Å². The molecule has 0 radical (unpaired) electrons. The Balaban J connectivity index is 2.06. The molecule has 0 aliphatic carbocycles. The van der Waals surface area contributed by atoms with E-state index >= 15 is 0 Å². The van der Waals surface area contributed by atoms with Crippen molar-refractivity contribution in [3.05, 3.63) is 21.9 Å². The zero-order valence-corrected chi connectivity index (χ0v) is 12.8. The van der Waals surface area contributed by atoms with Crippen molar-refractivity contribution in [1.29, 1.82) is 0 Å². The number of amides is 1. The van der Waals surface area contributed by atoms with E-state index in [1.54, 1.807) is 12.3 Å². The average molecular weight is 349 g/mol. The lowest BCUT2D eigenvalue weighted by Crippen LogP contribution is -2.41. The van der Waals surface area contributed by atoms with Gasteiger partial charge in [-0.1, -0.05) is 18.5 Å². The maximum absolute atomic E-state index is 12.2. The fraction of sp³-hybridized carbons (Fsp3) is 0.500. The number of rotatable bonds is 4. The Labute approximate surface area is 125 Å². The highest BCUT2D eigenvalue weighted by atomic mass is 79.9. The van der Waals surface area contributed by atoms with Crippen molar-refractivity contribution >= 4 is 39.1 Å². The van der Waals surface area contributed by atoms with Gasteiger partial charge in [0.25, 0.3) is 0 Å². The Morgan fingerprint density at radius 3 is 3.16 bits per heavy atom. The number of carbonyl (C=O) groups excluding carboxylic acids is 1. The molecule has 2 N–H and O–H groups in total. The summed E-state index contributed by atoms with van der Waals surface area (Å²) in [6, 6.07) is 1.77. The van der Waals surface area contributed by atoms with Gasteiger partial charge in [0.05, 0.1) is 24.8 Å². The SMILES string of the molecule is CCNC1COCC1C(=O)Nc1cc(Br)cnc1Cl. The molecule has 0 aromatic carbocycles. The molecular formula is C12H15BrClN3O2. The van der Waals surface area contributed by atoms with Crippen LogP contribution < -0.4 is 10.6 Å². The van der Waals surface area contributed by atoms with Gasteiger partial charge in [-0.2, -0.15) is 0 Å². The third-order valence-electron chi connectivity index (χ3n) is 2.95. The number of ether oxygens (including phenoxy) is 1. The van der Waals surface area contributed by atoms with Gasteiger partial charge in [-0.3, -0.25) is 4.79 Å². The van der Waals surface area contributed by atoms with Crippen LogP contribution in [0.15, 0.2) is 16.7 Å². The molecule has 1 aliphatic rings. The van der Waals surface area contributed by atoms with Gasteiger partial charge in [-0.15, -0.1) is 0 Å². The molecule has 7 heteroatoms. The van der Waals surface area contributed by atoms with Gasteiger partial charge in [0.2, 0.25) is 5.91 Å². The van der Waals surface area contributed by atoms with Crippen LogP contribution in [-0.2, 0) is 9.53 Å². The van der Waals surface area contributed by atoms with E-state index in [4.69, 9.17) is 16.3 Å². The van der Waals surface area contributed by atoms with Crippen LogP contribution in [-0.4, -0.2) is 36.7 Å². The second kappa shape index (κ2) is 6.65. The lowest BCUT2D eigenvalue weighted by atomic mass is 10.0. The standard InChI is InChI=1S/C12H15BrClN3O2/c1-2-15-10-6-19-5-8(10)12(18)17-9-3-7(13)4-16-11(9)14/h3-4,8,10,15H,2,5-6H2,1H3,(H,17,18). The molecule has 1 aliphatic heterocycles. The zero-order chi connectivity index (χ0) is 13.8. The molecule has 1 amide bonds. The fourth-order valence-corrected chi connectivity index (χ4v) is 2.49. The zero-order valence-electron chi connectivity index (χ0n) is 10.5. The highest BCUT2D eigenvalue weighted by Crippen LogP contribution is 2.24. The first-order chi connectivity index (χ1) is 9.11. The van der Waals surface area contributed by atoms with Crippen molar-refractivity contribution in [2.75, 3.05) is 25.1 Å². The molecule has 2 rings (SSSR count). The Bertz CT molecular complexity index is 472. The van der Waals surface area contributed by atoms with Gasteiger partial charge < -0.3 is 15.4 Å². The molecular weight excluding hydrogens is 334 g/mol. The molecule has 1 aromatic heterocycles. The number of halogens is 2. The van der Waals surface area contributed by atoms with Crippen LogP contribution in [0, 0.1) is 5.92 Å². The summed E-state index contributed by atoms with van der Waals surface area (Å²) in [5, 5.41) is 6.32. The van der Waals surface area contributed by atoms with E-state index < -0.39 is 0 Å². The van der Waals surface area contributed by atoms with E-state index in [9.17, 15) is 4.79 Å². The Morgan fingerprint density at radius 1 is 1.63 bits per heavy atom. The van der Waals surface area contributed by atoms with Crippen LogP contribution in [0.5, 0.6) is 0 Å². The Hall–Kier alpha value is -0.690. The molecule has 2 unspecified atom stereocenters. The van der Waals surface area contributed by atoms with Crippen LogP contribution in [0.2, 0.25) is 5.15 Å². The first-order valence-electron chi connectivity index (χ1n) is 6.05. The van der Waals surface area contributed by atoms with Gasteiger partial charge >= 0.3 is 0 Å². The lowest BCUT2D eigenvalue weighted by Gasteiger charge is -2.18. The van der Waals surface area contributed by atoms with Gasteiger partial charge in [-0.25, -0.2) is 4.98 Å². The summed E-state index contributed by atoms with van der Waals surface area (Å²) in [5.74, 6) is -0.319. The van der Waals surface area contributed by atoms with E-state index in [0.29, 0.717) is 18.9 Å². The Kier molecular flexibility index (Phi) is 5.15. The summed E-state index contributed by atoms with van der Waals surface area (Å²) in [5.41, 5.74) is 0.503. The van der Waals surface area contributed by atoms with E-state index in [1.165, 1.54) is 0 Å². The molecule has 1 fully saturated rings. The number of carbonyl (C=O) groups is 1. The summed E-state index contributed by atoms with van der Waals surface area (Å²) in [6.07, 6.45) is 1.58. The van der Waals surface area contributed by atoms with Crippen molar-refractivity contribution < 1.29 is 9.53 Å². The predicted molar refractivity (Wildman–Crippen MR) is 77.4 cm³/mol. The number of nitrogens with one attached hydrogen (secondary N) is 2. The van der Waals surface area contributed by atoms with Gasteiger partial charge in [0.1, 0.15) is 0 Å². The molecule has 0 saturated carbocycles. The quantitative estimate of drug-likeness (QED) is 0.818. The number of hydrogen-bond acceptors (Lipinski definition) is 4. The molecule has 1 aromatic rings. The molecule has 104 valence electrons. The van der Waals surface area contributed by atoms with Crippen LogP contribution in [0.4, 0.5) is 5.69 Å². The minimum Gasteiger partial charge on any atom is -0.379 e. The number of anilines is 1. The summed E-state index contributed by atoms with van der Waals surface area (Å²) in [4.78, 5) is 16.2. The fourth-order valence-electron chi connectivity index (χ4n) is 2.01. The van der Waals surface area contributed by atoms with Crippen LogP contribution >= 0.6 is 27.5 Å². The van der Waals surface area contributed by atoms with Gasteiger partial charge in [0.15, 0.2) is 5.15 Å². The van der Waals surface area contributed by atoms with Crippen LogP contribution in [0.25, 0.3) is 0 Å². The first-order valence-corrected chi connectivity index (χ1v) is 7.22. The maximum Gasteiger partial charge on any atom is 0.231 e. The molecule has 2 atom stereocenters. The van der Waals surface area contributed by atoms with E-state index in [2.05, 4.69) is 31.5 Å². The van der Waals surface area contributed by atoms with Crippen molar-refractivity contribution in [3.8, 4) is 0 Å². The highest BCUT2D eigenvalue weighted by Gasteiger charge is 2.33. The smallest absolute Gasteiger partial charge is 0.231 e. The van der Waals surface area contributed by atoms with Crippen molar-refractivity contribution in [3.63, 3.8) is 0 Å². The average Bonchev–Trinajstić information content (AvgIpc) is 2.82. The third-order valence-corrected chi connectivity index (χ3v) is 3.68. The second-order valence-electron chi connectivity index (χ2n) is 4.29. The third kappa shape index (κ3) is 3.66. The number of likely N-dealkylation sites (N-methyl/N-ethyl adjacent to an activating group) is 1. The Morgan fingerprint density at radius 2 is 2.42 bits per heavy atom. The topological polar surface area (TPSA) is 63.2 Å². The number of pyridine rings is 1. The number of aromatic nitrogens is 1. The minimum absolute atomic E-state index is 0.0453. The maximum atomic E-state index is 12.2. The predicted octanol–water partition coefficient (Wildman–Crippen LogP) is 2.06. The summed E-state index contributed by atoms with van der Waals surface area (Å²) < 4.78 is 6.12. The minimum atomic E-state index is -0.213. The van der Waals surface area contributed by atoms with Crippen molar-refractivity contribution in [1.82, 2.24) is 10.3 Å². The summed E-state index contributed by atoms with van der Waals surface area (Å²) in [7, 11) is 0. The molecule has 1 saturated heterocycles. The van der Waals surface area contributed by atoms with E-state index in [1.807, 2.05) is 6.92 Å². The van der Waals surface area contributed by atoms with E-state index in [0.717, 1.165) is 11.0 Å².